The van der Waals surface area contributed by atoms with Gasteiger partial charge in [0.1, 0.15) is 11.3 Å². The second kappa shape index (κ2) is 13.8. The molecule has 1 heterocycles. The highest BCUT2D eigenvalue weighted by atomic mass is 35.5. The van der Waals surface area contributed by atoms with Gasteiger partial charge in [0.25, 0.3) is 5.91 Å². The summed E-state index contributed by atoms with van der Waals surface area (Å²) >= 11 is 1.25. The number of carbonyl (C=O) groups is 1. The van der Waals surface area contributed by atoms with Crippen LogP contribution >= 0.6 is 23.7 Å². The van der Waals surface area contributed by atoms with E-state index in [-0.39, 0.29) is 41.8 Å². The van der Waals surface area contributed by atoms with Crippen LogP contribution in [0.3, 0.4) is 0 Å². The number of rotatable bonds is 13. The van der Waals surface area contributed by atoms with Crippen LogP contribution in [0.15, 0.2) is 72.7 Å². The summed E-state index contributed by atoms with van der Waals surface area (Å²) < 4.78 is 42.2. The van der Waals surface area contributed by atoms with Crippen LogP contribution in [0, 0.1) is 5.82 Å². The molecule has 0 spiro atoms. The first-order chi connectivity index (χ1) is 17.3. The summed E-state index contributed by atoms with van der Waals surface area (Å²) in [7, 11) is -3.78. The number of anilines is 1. The topological polar surface area (TPSA) is 73.8 Å². The lowest BCUT2D eigenvalue weighted by Crippen LogP contribution is -2.39. The largest absolute Gasteiger partial charge is 0.302 e. The van der Waals surface area contributed by atoms with E-state index < -0.39 is 15.8 Å². The fraction of sp³-hybridized carbons (Fsp3) is 0.308. The van der Waals surface area contributed by atoms with Gasteiger partial charge in [0.2, 0.25) is 10.0 Å². The number of benzene rings is 2. The van der Waals surface area contributed by atoms with Crippen LogP contribution in [0.25, 0.3) is 10.2 Å². The third-order valence-corrected chi connectivity index (χ3v) is 8.66. The zero-order chi connectivity index (χ0) is 26.3. The average Bonchev–Trinajstić information content (AvgIpc) is 3.31. The molecule has 2 aromatic carbocycles. The molecule has 0 radical (unpaired) electrons. The van der Waals surface area contributed by atoms with Gasteiger partial charge in [-0.1, -0.05) is 43.4 Å². The number of nitrogens with zero attached hydrogens (tertiary/aromatic N) is 4. The van der Waals surface area contributed by atoms with Gasteiger partial charge in [-0.2, -0.15) is 4.31 Å². The van der Waals surface area contributed by atoms with E-state index in [0.29, 0.717) is 28.5 Å². The van der Waals surface area contributed by atoms with Crippen LogP contribution in [0.2, 0.25) is 0 Å². The minimum absolute atomic E-state index is 0. The molecule has 0 aliphatic rings. The van der Waals surface area contributed by atoms with Crippen molar-refractivity contribution in [2.24, 2.45) is 0 Å². The maximum absolute atomic E-state index is 14.3. The standard InChI is InChI=1S/C26H31FN4O3S2.ClH/c1-5-16-30(17-6-2)36(33,34)21-14-12-20(13-15-21)25(32)31(19-18-29(7-3)8-4)26-28-24-22(27)10-9-11-23(24)35-26;/h5-6,9-15H,1-2,7-8,16-19H2,3-4H3;1H. The lowest BCUT2D eigenvalue weighted by atomic mass is 10.2. The van der Waals surface area contributed by atoms with Crippen LogP contribution in [0.5, 0.6) is 0 Å². The molecule has 1 amide bonds. The molecular weight excluding hydrogens is 535 g/mol. The van der Waals surface area contributed by atoms with Crippen molar-refractivity contribution in [2.75, 3.05) is 44.2 Å². The molecule has 0 saturated carbocycles. The Kier molecular flexibility index (Phi) is 11.4. The van der Waals surface area contributed by atoms with E-state index in [2.05, 4.69) is 23.0 Å². The normalized spacial score (nSPS) is 11.5. The van der Waals surface area contributed by atoms with E-state index in [9.17, 15) is 17.6 Å². The van der Waals surface area contributed by atoms with Gasteiger partial charge in [0, 0.05) is 31.7 Å². The van der Waals surface area contributed by atoms with Crippen LogP contribution in [0.1, 0.15) is 24.2 Å². The van der Waals surface area contributed by atoms with Crippen molar-refractivity contribution in [2.45, 2.75) is 18.7 Å². The number of hydrogen-bond donors (Lipinski definition) is 0. The predicted octanol–water partition coefficient (Wildman–Crippen LogP) is 5.21. The van der Waals surface area contributed by atoms with E-state index >= 15 is 0 Å². The van der Waals surface area contributed by atoms with Gasteiger partial charge in [-0.05, 0) is 49.5 Å². The highest BCUT2D eigenvalue weighted by molar-refractivity contribution is 7.89. The number of para-hydroxylation sites is 1. The van der Waals surface area contributed by atoms with Gasteiger partial charge in [-0.25, -0.2) is 17.8 Å². The summed E-state index contributed by atoms with van der Waals surface area (Å²) in [6.07, 6.45) is 3.01. The fourth-order valence-electron chi connectivity index (χ4n) is 3.72. The molecule has 7 nitrogen and oxygen atoms in total. The first-order valence-electron chi connectivity index (χ1n) is 11.7. The molecule has 0 aliphatic heterocycles. The number of hydrogen-bond acceptors (Lipinski definition) is 6. The van der Waals surface area contributed by atoms with Crippen molar-refractivity contribution in [3.8, 4) is 0 Å². The molecule has 0 bridgehead atoms. The number of halogens is 2. The van der Waals surface area contributed by atoms with E-state index in [0.717, 1.165) is 13.1 Å². The lowest BCUT2D eigenvalue weighted by Gasteiger charge is -2.25. The van der Waals surface area contributed by atoms with E-state index in [4.69, 9.17) is 0 Å². The van der Waals surface area contributed by atoms with Gasteiger partial charge < -0.3 is 4.90 Å². The predicted molar refractivity (Wildman–Crippen MR) is 152 cm³/mol. The number of aromatic nitrogens is 1. The number of amides is 1. The molecule has 3 rings (SSSR count). The minimum Gasteiger partial charge on any atom is -0.302 e. The average molecular weight is 567 g/mol. The van der Waals surface area contributed by atoms with Crippen LogP contribution in [-0.2, 0) is 10.0 Å². The molecule has 0 aliphatic carbocycles. The Balaban J connectivity index is 0.00000481. The monoisotopic (exact) mass is 566 g/mol. The van der Waals surface area contributed by atoms with Crippen molar-refractivity contribution < 1.29 is 17.6 Å². The number of carbonyl (C=O) groups excluding carboxylic acids is 1. The maximum atomic E-state index is 14.3. The van der Waals surface area contributed by atoms with Gasteiger partial charge >= 0.3 is 0 Å². The van der Waals surface area contributed by atoms with Crippen molar-refractivity contribution in [3.05, 3.63) is 79.2 Å². The first-order valence-corrected chi connectivity index (χ1v) is 13.9. The van der Waals surface area contributed by atoms with Gasteiger partial charge in [-0.3, -0.25) is 9.69 Å². The number of thiazole rings is 1. The Hall–Kier alpha value is -2.63. The SMILES string of the molecule is C=CCN(CC=C)S(=O)(=O)c1ccc(C(=O)N(CCN(CC)CC)c2nc3c(F)cccc3s2)cc1.Cl. The third kappa shape index (κ3) is 7.03. The fourth-order valence-corrected chi connectivity index (χ4v) is 6.10. The van der Waals surface area contributed by atoms with Crippen molar-refractivity contribution in [1.29, 1.82) is 0 Å². The van der Waals surface area contributed by atoms with E-state index in [1.807, 2.05) is 13.8 Å². The summed E-state index contributed by atoms with van der Waals surface area (Å²) in [6.45, 7) is 14.2. The molecule has 0 atom stereocenters. The van der Waals surface area contributed by atoms with Gasteiger partial charge in [-0.15, -0.1) is 25.6 Å². The zero-order valence-corrected chi connectivity index (χ0v) is 23.4. The molecule has 1 aromatic heterocycles. The minimum atomic E-state index is -3.78. The van der Waals surface area contributed by atoms with Gasteiger partial charge in [0.05, 0.1) is 9.60 Å². The molecule has 3 aromatic rings. The van der Waals surface area contributed by atoms with Crippen LogP contribution < -0.4 is 4.90 Å². The summed E-state index contributed by atoms with van der Waals surface area (Å²) in [5.74, 6) is -0.774. The maximum Gasteiger partial charge on any atom is 0.260 e. The van der Waals surface area contributed by atoms with Gasteiger partial charge in [0.15, 0.2) is 5.13 Å². The third-order valence-electron chi connectivity index (χ3n) is 5.77. The molecular formula is C26H32ClFN4O3S2. The zero-order valence-electron chi connectivity index (χ0n) is 21.0. The van der Waals surface area contributed by atoms with Crippen molar-refractivity contribution in [3.63, 3.8) is 0 Å². The Bertz CT molecular complexity index is 1320. The second-order valence-corrected chi connectivity index (χ2v) is 10.9. The molecule has 200 valence electrons. The Morgan fingerprint density at radius 1 is 1.03 bits per heavy atom. The summed E-state index contributed by atoms with van der Waals surface area (Å²) in [5.41, 5.74) is 0.538. The molecule has 0 unspecified atom stereocenters. The number of sulfonamides is 1. The lowest BCUT2D eigenvalue weighted by molar-refractivity contribution is 0.0983. The molecule has 0 fully saturated rings. The summed E-state index contributed by atoms with van der Waals surface area (Å²) in [4.78, 5) is 21.8. The number of likely N-dealkylation sites (N-methyl/N-ethyl adjacent to an activating group) is 1. The Morgan fingerprint density at radius 3 is 2.19 bits per heavy atom. The molecule has 37 heavy (non-hydrogen) atoms. The highest BCUT2D eigenvalue weighted by Crippen LogP contribution is 2.31. The molecule has 0 saturated heterocycles. The first kappa shape index (κ1) is 30.6. The van der Waals surface area contributed by atoms with Crippen LogP contribution in [-0.4, -0.2) is 67.8 Å². The van der Waals surface area contributed by atoms with Crippen molar-refractivity contribution >= 4 is 55.0 Å². The smallest absolute Gasteiger partial charge is 0.260 e. The summed E-state index contributed by atoms with van der Waals surface area (Å²) in [6, 6.07) is 10.5. The Morgan fingerprint density at radius 2 is 1.65 bits per heavy atom. The molecule has 11 heteroatoms. The highest BCUT2D eigenvalue weighted by Gasteiger charge is 2.25. The number of fused-ring (bicyclic) bond motifs is 1. The van der Waals surface area contributed by atoms with Crippen LogP contribution in [0.4, 0.5) is 9.52 Å². The Labute approximate surface area is 228 Å². The van der Waals surface area contributed by atoms with E-state index in [1.165, 1.54) is 63.0 Å². The quantitative estimate of drug-likeness (QED) is 0.266. The van der Waals surface area contributed by atoms with Crippen molar-refractivity contribution in [1.82, 2.24) is 14.2 Å². The second-order valence-electron chi connectivity index (χ2n) is 7.99. The summed E-state index contributed by atoms with van der Waals surface area (Å²) in [5, 5.41) is 0.395. The molecule has 0 N–H and O–H groups in total. The van der Waals surface area contributed by atoms with E-state index in [1.54, 1.807) is 12.1 Å².